The Morgan fingerprint density at radius 2 is 1.60 bits per heavy atom. The summed E-state index contributed by atoms with van der Waals surface area (Å²) < 4.78 is 30.1. The number of halogens is 2. The molecule has 1 N–H and O–H groups in total. The van der Waals surface area contributed by atoms with Crippen LogP contribution in [0.3, 0.4) is 0 Å². The fraction of sp³-hybridized carbons (Fsp3) is 0.200. The zero-order chi connectivity index (χ0) is 21.8. The lowest BCUT2D eigenvalue weighted by atomic mass is 10.1. The van der Waals surface area contributed by atoms with Crippen LogP contribution in [0.25, 0.3) is 0 Å². The second-order valence-electron chi connectivity index (χ2n) is 6.23. The molecule has 1 atom stereocenters. The number of nitrogens with zero attached hydrogens (tertiary/aromatic N) is 1. The quantitative estimate of drug-likeness (QED) is 0.409. The number of benzene rings is 2. The molecule has 0 saturated carbocycles. The zero-order valence-electron chi connectivity index (χ0n) is 15.6. The average molecular weight is 434 g/mol. The van der Waals surface area contributed by atoms with Crippen LogP contribution in [-0.4, -0.2) is 47.0 Å². The number of ether oxygens (including phenoxy) is 1. The van der Waals surface area contributed by atoms with Gasteiger partial charge in [-0.25, -0.2) is 4.79 Å². The number of imide groups is 1. The van der Waals surface area contributed by atoms with Gasteiger partial charge in [0.2, 0.25) is 0 Å². The van der Waals surface area contributed by atoms with Crippen molar-refractivity contribution in [2.75, 3.05) is 11.9 Å². The number of anilines is 1. The highest BCUT2D eigenvalue weighted by atomic mass is 32.2. The number of carbonyl (C=O) groups is 4. The summed E-state index contributed by atoms with van der Waals surface area (Å²) in [5.41, 5.74) is 0.526. The predicted molar refractivity (Wildman–Crippen MR) is 104 cm³/mol. The molecule has 0 bridgehead atoms. The van der Waals surface area contributed by atoms with Gasteiger partial charge in [0.15, 0.2) is 6.61 Å². The largest absolute Gasteiger partial charge is 0.454 e. The molecule has 1 unspecified atom stereocenters. The van der Waals surface area contributed by atoms with Crippen molar-refractivity contribution < 1.29 is 32.7 Å². The van der Waals surface area contributed by atoms with E-state index in [9.17, 15) is 28.0 Å². The summed E-state index contributed by atoms with van der Waals surface area (Å²) in [6.45, 7) is 0.608. The molecule has 10 heteroatoms. The topological polar surface area (TPSA) is 92.8 Å². The van der Waals surface area contributed by atoms with Gasteiger partial charge in [-0.15, -0.1) is 0 Å². The summed E-state index contributed by atoms with van der Waals surface area (Å²) in [4.78, 5) is 50.1. The van der Waals surface area contributed by atoms with Crippen molar-refractivity contribution in [2.45, 2.75) is 23.6 Å². The monoisotopic (exact) mass is 434 g/mol. The van der Waals surface area contributed by atoms with Gasteiger partial charge in [-0.1, -0.05) is 36.0 Å². The molecule has 3 amide bonds. The minimum atomic E-state index is -2.67. The number of esters is 1. The predicted octanol–water partition coefficient (Wildman–Crippen LogP) is 3.17. The SMILES string of the molecule is CC(C(=O)OCC(=O)Nc1ccccc1SC(F)F)N1C(=O)c2ccccc2C1=O. The summed E-state index contributed by atoms with van der Waals surface area (Å²) >= 11 is 0.270. The summed E-state index contributed by atoms with van der Waals surface area (Å²) in [5, 5.41) is 2.39. The van der Waals surface area contributed by atoms with E-state index in [1.54, 1.807) is 24.3 Å². The van der Waals surface area contributed by atoms with Gasteiger partial charge in [0.25, 0.3) is 23.5 Å². The van der Waals surface area contributed by atoms with Crippen molar-refractivity contribution in [3.8, 4) is 0 Å². The molecule has 3 rings (SSSR count). The first-order valence-corrected chi connectivity index (χ1v) is 9.64. The van der Waals surface area contributed by atoms with E-state index in [4.69, 9.17) is 4.74 Å². The standard InChI is InChI=1S/C20H16F2N2O5S/c1-11(24-17(26)12-6-2-3-7-13(12)18(24)27)19(28)29-10-16(25)23-14-8-4-5-9-15(14)30-20(21)22/h2-9,11,20H,10H2,1H3,(H,23,25). The number of nitrogens with one attached hydrogen (secondary N) is 1. The van der Waals surface area contributed by atoms with Crippen LogP contribution in [0.2, 0.25) is 0 Å². The van der Waals surface area contributed by atoms with Crippen LogP contribution < -0.4 is 5.32 Å². The number of hydrogen-bond donors (Lipinski definition) is 1. The Labute approximate surface area is 174 Å². The third-order valence-electron chi connectivity index (χ3n) is 4.28. The Hall–Kier alpha value is -3.27. The lowest BCUT2D eigenvalue weighted by Gasteiger charge is -2.20. The van der Waals surface area contributed by atoms with Crippen molar-refractivity contribution in [3.63, 3.8) is 0 Å². The number of rotatable bonds is 7. The van der Waals surface area contributed by atoms with Crippen molar-refractivity contribution in [1.82, 2.24) is 4.90 Å². The van der Waals surface area contributed by atoms with Crippen molar-refractivity contribution in [3.05, 3.63) is 59.7 Å². The fourth-order valence-electron chi connectivity index (χ4n) is 2.88. The van der Waals surface area contributed by atoms with E-state index >= 15 is 0 Å². The summed E-state index contributed by atoms with van der Waals surface area (Å²) in [7, 11) is 0. The molecule has 1 aliphatic rings. The second-order valence-corrected chi connectivity index (χ2v) is 7.26. The highest BCUT2D eigenvalue weighted by Gasteiger charge is 2.41. The van der Waals surface area contributed by atoms with E-state index in [0.29, 0.717) is 0 Å². The molecular weight excluding hydrogens is 418 g/mol. The minimum absolute atomic E-state index is 0.150. The lowest BCUT2D eigenvalue weighted by Crippen LogP contribution is -2.44. The third kappa shape index (κ3) is 4.48. The normalized spacial score (nSPS) is 13.9. The number of carbonyl (C=O) groups excluding carboxylic acids is 4. The van der Waals surface area contributed by atoms with Crippen LogP contribution in [-0.2, 0) is 14.3 Å². The van der Waals surface area contributed by atoms with Crippen LogP contribution in [0.5, 0.6) is 0 Å². The van der Waals surface area contributed by atoms with Crippen molar-refractivity contribution in [2.24, 2.45) is 0 Å². The van der Waals surface area contributed by atoms with Crippen molar-refractivity contribution >= 4 is 41.1 Å². The first-order valence-electron chi connectivity index (χ1n) is 8.77. The molecule has 156 valence electrons. The Morgan fingerprint density at radius 3 is 2.20 bits per heavy atom. The van der Waals surface area contributed by atoms with Crippen molar-refractivity contribution in [1.29, 1.82) is 0 Å². The molecular formula is C20H16F2N2O5S. The average Bonchev–Trinajstić information content (AvgIpc) is 2.97. The van der Waals surface area contributed by atoms with Gasteiger partial charge in [-0.05, 0) is 31.2 Å². The first kappa shape index (κ1) is 21.4. The molecule has 30 heavy (non-hydrogen) atoms. The van der Waals surface area contributed by atoms with E-state index in [-0.39, 0.29) is 33.5 Å². The van der Waals surface area contributed by atoms with Crippen LogP contribution in [0, 0.1) is 0 Å². The number of hydrogen-bond acceptors (Lipinski definition) is 6. The van der Waals surface area contributed by atoms with Crippen LogP contribution >= 0.6 is 11.8 Å². The smallest absolute Gasteiger partial charge is 0.329 e. The lowest BCUT2D eigenvalue weighted by molar-refractivity contribution is -0.150. The van der Waals surface area contributed by atoms with Gasteiger partial charge in [0.05, 0.1) is 16.8 Å². The van der Waals surface area contributed by atoms with Gasteiger partial charge in [0.1, 0.15) is 6.04 Å². The molecule has 0 aliphatic carbocycles. The van der Waals surface area contributed by atoms with Crippen LogP contribution in [0.1, 0.15) is 27.6 Å². The maximum Gasteiger partial charge on any atom is 0.329 e. The van der Waals surface area contributed by atoms with E-state index < -0.39 is 42.1 Å². The first-order chi connectivity index (χ1) is 14.3. The fourth-order valence-corrected chi connectivity index (χ4v) is 3.47. The summed E-state index contributed by atoms with van der Waals surface area (Å²) in [6.07, 6.45) is 0. The Bertz CT molecular complexity index is 979. The second kappa shape index (κ2) is 9.04. The number of amides is 3. The van der Waals surface area contributed by atoms with E-state index in [1.807, 2.05) is 0 Å². The van der Waals surface area contributed by atoms with Gasteiger partial charge in [-0.3, -0.25) is 19.3 Å². The molecule has 0 aromatic heterocycles. The van der Waals surface area contributed by atoms with Gasteiger partial charge in [-0.2, -0.15) is 8.78 Å². The zero-order valence-corrected chi connectivity index (χ0v) is 16.4. The highest BCUT2D eigenvalue weighted by molar-refractivity contribution is 7.99. The molecule has 0 fully saturated rings. The maximum absolute atomic E-state index is 12.6. The molecule has 0 saturated heterocycles. The van der Waals surface area contributed by atoms with E-state index in [1.165, 1.54) is 31.2 Å². The number of fused-ring (bicyclic) bond motifs is 1. The Balaban J connectivity index is 1.59. The van der Waals surface area contributed by atoms with Crippen LogP contribution in [0.4, 0.5) is 14.5 Å². The van der Waals surface area contributed by atoms with Gasteiger partial charge < -0.3 is 10.1 Å². The highest BCUT2D eigenvalue weighted by Crippen LogP contribution is 2.31. The molecule has 2 aromatic rings. The van der Waals surface area contributed by atoms with Gasteiger partial charge in [0, 0.05) is 4.90 Å². The van der Waals surface area contributed by atoms with Crippen LogP contribution in [0.15, 0.2) is 53.4 Å². The van der Waals surface area contributed by atoms with E-state index in [0.717, 1.165) is 4.90 Å². The minimum Gasteiger partial charge on any atom is -0.454 e. The molecule has 0 radical (unpaired) electrons. The summed E-state index contributed by atoms with van der Waals surface area (Å²) in [5.74, 6) is -5.61. The summed E-state index contributed by atoms with van der Waals surface area (Å²) in [6, 6.07) is 10.9. The molecule has 1 heterocycles. The molecule has 7 nitrogen and oxygen atoms in total. The number of alkyl halides is 2. The molecule has 0 spiro atoms. The Kier molecular flexibility index (Phi) is 6.46. The molecule has 2 aromatic carbocycles. The third-order valence-corrected chi connectivity index (χ3v) is 5.06. The number of para-hydroxylation sites is 1. The Morgan fingerprint density at radius 1 is 1.03 bits per heavy atom. The molecule has 1 aliphatic heterocycles. The maximum atomic E-state index is 12.6. The van der Waals surface area contributed by atoms with Gasteiger partial charge >= 0.3 is 5.97 Å². The van der Waals surface area contributed by atoms with E-state index in [2.05, 4.69) is 5.32 Å². The number of thioether (sulfide) groups is 1.